The van der Waals surface area contributed by atoms with E-state index in [-0.39, 0.29) is 12.2 Å². The second-order valence-electron chi connectivity index (χ2n) is 8.84. The predicted octanol–water partition coefficient (Wildman–Crippen LogP) is 4.06. The van der Waals surface area contributed by atoms with Crippen molar-refractivity contribution in [1.82, 2.24) is 0 Å². The van der Waals surface area contributed by atoms with Crippen molar-refractivity contribution >= 4 is 23.9 Å². The van der Waals surface area contributed by atoms with E-state index in [9.17, 15) is 71.9 Å². The molecule has 1 aliphatic rings. The van der Waals surface area contributed by atoms with Gasteiger partial charge in [0.05, 0.1) is 7.11 Å². The Labute approximate surface area is 253 Å². The molecular weight excluding hydrogens is 692 g/mol. The predicted molar refractivity (Wildman–Crippen MR) is 121 cm³/mol. The van der Waals surface area contributed by atoms with Gasteiger partial charge >= 0.3 is 48.6 Å². The zero-order valence-electron chi connectivity index (χ0n) is 22.8. The van der Waals surface area contributed by atoms with Gasteiger partial charge in [-0.15, -0.1) is 6.58 Å². The Kier molecular flexibility index (Phi) is 12.0. The fourth-order valence-electron chi connectivity index (χ4n) is 3.55. The van der Waals surface area contributed by atoms with Crippen molar-refractivity contribution in [1.29, 1.82) is 0 Å². The average molecular weight is 710 g/mol. The first-order valence-electron chi connectivity index (χ1n) is 12.1. The van der Waals surface area contributed by atoms with Crippen LogP contribution in [0.4, 0.5) is 52.7 Å². The van der Waals surface area contributed by atoms with Gasteiger partial charge in [0.2, 0.25) is 12.4 Å². The van der Waals surface area contributed by atoms with E-state index in [2.05, 4.69) is 25.5 Å². The molecule has 47 heavy (non-hydrogen) atoms. The molecule has 264 valence electrons. The van der Waals surface area contributed by atoms with E-state index in [1.807, 2.05) is 0 Å². The lowest BCUT2D eigenvalue weighted by Crippen LogP contribution is -2.65. The van der Waals surface area contributed by atoms with E-state index in [4.69, 9.17) is 14.2 Å². The highest BCUT2D eigenvalue weighted by Gasteiger charge is 2.59. The van der Waals surface area contributed by atoms with Crippen LogP contribution in [-0.2, 0) is 49.3 Å². The summed E-state index contributed by atoms with van der Waals surface area (Å²) in [5.74, 6) is -14.1. The summed E-state index contributed by atoms with van der Waals surface area (Å²) in [5.41, 5.74) is 0.418. The van der Waals surface area contributed by atoms with E-state index in [1.54, 1.807) is 0 Å². The molecule has 0 unspecified atom stereocenters. The standard InChI is InChI=1S/C24H18F12O11/c1-3-4-9-5-6-10(11(7-9)41-2)43-16-15(47-20(40)24(34,35)36)14(46-19(39)23(31,32)33)13(45-18(38)22(28,29)30)12(44-16)8-42-17(37)21(25,26)27/h3,5-7,12-16H,1,4,8H2,2H3/t12-,13-,14+,15-,16-/m1/s1. The van der Waals surface area contributed by atoms with Crippen molar-refractivity contribution in [2.75, 3.05) is 13.7 Å². The van der Waals surface area contributed by atoms with Crippen LogP contribution < -0.4 is 9.47 Å². The van der Waals surface area contributed by atoms with Crippen LogP contribution in [0.1, 0.15) is 5.56 Å². The maximum Gasteiger partial charge on any atom is 0.490 e. The van der Waals surface area contributed by atoms with Crippen molar-refractivity contribution in [3.63, 3.8) is 0 Å². The molecule has 11 nitrogen and oxygen atoms in total. The van der Waals surface area contributed by atoms with Crippen LogP contribution in [0.25, 0.3) is 0 Å². The maximum atomic E-state index is 13.2. The Bertz CT molecular complexity index is 1320. The quantitative estimate of drug-likeness (QED) is 0.151. The number of methoxy groups -OCH3 is 1. The van der Waals surface area contributed by atoms with Gasteiger partial charge in [0, 0.05) is 0 Å². The fourth-order valence-corrected chi connectivity index (χ4v) is 3.55. The smallest absolute Gasteiger partial charge is 0.490 e. The lowest BCUT2D eigenvalue weighted by molar-refractivity contribution is -0.306. The minimum atomic E-state index is -6.09. The van der Waals surface area contributed by atoms with Crippen LogP contribution in [-0.4, -0.2) is 93.0 Å². The molecule has 1 fully saturated rings. The molecule has 1 saturated heterocycles. The number of rotatable bonds is 10. The molecule has 2 rings (SSSR count). The molecule has 0 radical (unpaired) electrons. The van der Waals surface area contributed by atoms with Gasteiger partial charge in [-0.05, 0) is 24.1 Å². The Hall–Kier alpha value is -4.44. The van der Waals surface area contributed by atoms with E-state index in [0.29, 0.717) is 5.56 Å². The van der Waals surface area contributed by atoms with Crippen molar-refractivity contribution in [2.45, 2.75) is 61.8 Å². The van der Waals surface area contributed by atoms with Crippen molar-refractivity contribution in [3.8, 4) is 11.5 Å². The van der Waals surface area contributed by atoms with Gasteiger partial charge in [0.25, 0.3) is 0 Å². The zero-order valence-corrected chi connectivity index (χ0v) is 22.8. The number of hydrogen-bond donors (Lipinski definition) is 0. The van der Waals surface area contributed by atoms with Gasteiger partial charge in [0.1, 0.15) is 12.7 Å². The van der Waals surface area contributed by atoms with Gasteiger partial charge in [-0.25, -0.2) is 19.2 Å². The second-order valence-corrected chi connectivity index (χ2v) is 8.84. The number of ether oxygens (including phenoxy) is 7. The number of carbonyl (C=O) groups excluding carboxylic acids is 4. The first-order valence-corrected chi connectivity index (χ1v) is 12.1. The molecule has 1 aliphatic heterocycles. The molecule has 0 N–H and O–H groups in total. The highest BCUT2D eigenvalue weighted by molar-refractivity contribution is 5.78. The van der Waals surface area contributed by atoms with Gasteiger partial charge < -0.3 is 33.2 Å². The molecule has 0 bridgehead atoms. The van der Waals surface area contributed by atoms with Crippen LogP contribution in [0.15, 0.2) is 30.9 Å². The van der Waals surface area contributed by atoms with Crippen molar-refractivity contribution in [2.24, 2.45) is 0 Å². The second kappa shape index (κ2) is 14.5. The summed E-state index contributed by atoms with van der Waals surface area (Å²) >= 11 is 0. The van der Waals surface area contributed by atoms with Crippen molar-refractivity contribution in [3.05, 3.63) is 36.4 Å². The first kappa shape index (κ1) is 38.7. The molecule has 1 aromatic carbocycles. The average Bonchev–Trinajstić information content (AvgIpc) is 2.93. The Balaban J connectivity index is 2.78. The summed E-state index contributed by atoms with van der Waals surface area (Å²) in [7, 11) is 0.989. The van der Waals surface area contributed by atoms with E-state index in [1.165, 1.54) is 18.2 Å². The number of esters is 4. The molecule has 0 saturated carbocycles. The summed E-state index contributed by atoms with van der Waals surface area (Å²) in [6, 6.07) is 3.39. The van der Waals surface area contributed by atoms with Crippen molar-refractivity contribution < 1.29 is 105 Å². The summed E-state index contributed by atoms with van der Waals surface area (Å²) in [6.45, 7) is 1.48. The van der Waals surface area contributed by atoms with E-state index in [0.717, 1.165) is 13.2 Å². The highest BCUT2D eigenvalue weighted by atomic mass is 19.4. The maximum absolute atomic E-state index is 13.2. The fraction of sp³-hybridized carbons (Fsp3) is 0.500. The zero-order chi connectivity index (χ0) is 36.1. The van der Waals surface area contributed by atoms with Crippen LogP contribution in [0.2, 0.25) is 0 Å². The Morgan fingerprint density at radius 1 is 0.723 bits per heavy atom. The Morgan fingerprint density at radius 2 is 1.19 bits per heavy atom. The summed E-state index contributed by atoms with van der Waals surface area (Å²) in [5, 5.41) is 0. The molecule has 1 heterocycles. The third-order valence-corrected chi connectivity index (χ3v) is 5.48. The molecular formula is C24H18F12O11. The molecule has 1 aromatic rings. The lowest BCUT2D eigenvalue weighted by Gasteiger charge is -2.44. The summed E-state index contributed by atoms with van der Waals surface area (Å²) in [4.78, 5) is 46.4. The van der Waals surface area contributed by atoms with Gasteiger partial charge in [0.15, 0.2) is 23.7 Å². The normalized spacial score (nSPS) is 22.0. The third kappa shape index (κ3) is 10.5. The third-order valence-electron chi connectivity index (χ3n) is 5.48. The molecule has 23 heteroatoms. The number of alkyl halides is 12. The molecule has 0 aliphatic carbocycles. The van der Waals surface area contributed by atoms with Gasteiger partial charge in [-0.2, -0.15) is 52.7 Å². The monoisotopic (exact) mass is 710 g/mol. The Morgan fingerprint density at radius 3 is 1.64 bits per heavy atom. The SMILES string of the molecule is C=CCc1ccc(O[C@@H]2O[C@H](COC(=O)C(F)(F)F)[C@@H](OC(=O)C(F)(F)F)[C@H](OC(=O)C(F)(F)F)[C@H]2OC(=O)C(F)(F)F)c(OC)c1. The van der Waals surface area contributed by atoms with Gasteiger partial charge in [-0.3, -0.25) is 0 Å². The molecule has 0 spiro atoms. The van der Waals surface area contributed by atoms with Crippen LogP contribution in [0.3, 0.4) is 0 Å². The lowest BCUT2D eigenvalue weighted by atomic mass is 9.98. The summed E-state index contributed by atoms with van der Waals surface area (Å²) < 4.78 is 187. The van der Waals surface area contributed by atoms with Gasteiger partial charge in [-0.1, -0.05) is 12.1 Å². The molecule has 0 aromatic heterocycles. The minimum Gasteiger partial charge on any atom is -0.493 e. The number of carbonyl (C=O) groups is 4. The van der Waals surface area contributed by atoms with E-state index >= 15 is 0 Å². The number of benzene rings is 1. The molecule has 0 amide bonds. The van der Waals surface area contributed by atoms with E-state index < -0.39 is 91.6 Å². The van der Waals surface area contributed by atoms with Crippen LogP contribution in [0.5, 0.6) is 11.5 Å². The van der Waals surface area contributed by atoms with Crippen LogP contribution >= 0.6 is 0 Å². The number of halogens is 12. The minimum absolute atomic E-state index is 0.163. The molecule has 5 atom stereocenters. The first-order chi connectivity index (χ1) is 21.4. The van der Waals surface area contributed by atoms with Crippen LogP contribution in [0, 0.1) is 0 Å². The largest absolute Gasteiger partial charge is 0.493 e. The number of allylic oxidation sites excluding steroid dienone is 1. The number of hydrogen-bond acceptors (Lipinski definition) is 11. The topological polar surface area (TPSA) is 133 Å². The summed E-state index contributed by atoms with van der Waals surface area (Å²) in [6.07, 6.45) is -38.1. The highest BCUT2D eigenvalue weighted by Crippen LogP contribution is 2.37.